The van der Waals surface area contributed by atoms with E-state index in [1.54, 1.807) is 24.3 Å². The molecule has 0 spiro atoms. The van der Waals surface area contributed by atoms with Crippen LogP contribution in [-0.4, -0.2) is 25.0 Å². The Morgan fingerprint density at radius 2 is 2.05 bits per heavy atom. The zero-order chi connectivity index (χ0) is 14.3. The summed E-state index contributed by atoms with van der Waals surface area (Å²) in [6.45, 7) is 0. The van der Waals surface area contributed by atoms with Gasteiger partial charge in [0.15, 0.2) is 0 Å². The summed E-state index contributed by atoms with van der Waals surface area (Å²) in [5.41, 5.74) is 6.63. The Balaban J connectivity index is 2.43. The number of esters is 1. The molecule has 6 nitrogen and oxygen atoms in total. The Hall–Kier alpha value is -2.39. The van der Waals surface area contributed by atoms with Gasteiger partial charge in [0, 0.05) is 12.1 Å². The smallest absolute Gasteiger partial charge is 0.322 e. The fourth-order valence-electron chi connectivity index (χ4n) is 1.41. The van der Waals surface area contributed by atoms with Crippen LogP contribution in [0.5, 0.6) is 0 Å². The van der Waals surface area contributed by atoms with Gasteiger partial charge in [0.2, 0.25) is 5.91 Å². The van der Waals surface area contributed by atoms with Crippen molar-refractivity contribution in [1.82, 2.24) is 0 Å². The van der Waals surface area contributed by atoms with Gasteiger partial charge < -0.3 is 15.8 Å². The maximum atomic E-state index is 11.6. The lowest BCUT2D eigenvalue weighted by Gasteiger charge is -2.09. The molecule has 1 aromatic rings. The summed E-state index contributed by atoms with van der Waals surface area (Å²) in [5, 5.41) is 11.3. The molecule has 0 aliphatic rings. The van der Waals surface area contributed by atoms with Crippen LogP contribution in [0.4, 0.5) is 5.69 Å². The van der Waals surface area contributed by atoms with Crippen molar-refractivity contribution < 1.29 is 14.3 Å². The summed E-state index contributed by atoms with van der Waals surface area (Å²) < 4.78 is 4.46. The predicted molar refractivity (Wildman–Crippen MR) is 69.0 cm³/mol. The first kappa shape index (κ1) is 14.7. The second kappa shape index (κ2) is 7.13. The highest BCUT2D eigenvalue weighted by Gasteiger charge is 2.15. The number of ether oxygens (including phenoxy) is 1. The number of hydrogen-bond donors (Lipinski definition) is 2. The minimum Gasteiger partial charge on any atom is -0.468 e. The average molecular weight is 261 g/mol. The van der Waals surface area contributed by atoms with E-state index in [1.165, 1.54) is 7.11 Å². The molecule has 0 heterocycles. The summed E-state index contributed by atoms with van der Waals surface area (Å²) in [4.78, 5) is 22.6. The van der Waals surface area contributed by atoms with Crippen molar-refractivity contribution in [3.05, 3.63) is 29.8 Å². The SMILES string of the molecule is COC(=O)[C@@H](N)CCC(=O)Nc1ccc(C#N)cc1. The lowest BCUT2D eigenvalue weighted by molar-refractivity contribution is -0.142. The number of methoxy groups -OCH3 is 1. The maximum absolute atomic E-state index is 11.6. The highest BCUT2D eigenvalue weighted by Crippen LogP contribution is 2.09. The number of nitrogens with two attached hydrogens (primary N) is 1. The number of carbonyl (C=O) groups is 2. The molecule has 1 rings (SSSR count). The Labute approximate surface area is 111 Å². The fraction of sp³-hybridized carbons (Fsp3) is 0.308. The molecule has 0 radical (unpaired) electrons. The summed E-state index contributed by atoms with van der Waals surface area (Å²) in [6.07, 6.45) is 0.338. The largest absolute Gasteiger partial charge is 0.468 e. The normalized spacial score (nSPS) is 11.2. The van der Waals surface area contributed by atoms with Crippen LogP contribution < -0.4 is 11.1 Å². The van der Waals surface area contributed by atoms with Crippen molar-refractivity contribution in [1.29, 1.82) is 5.26 Å². The van der Waals surface area contributed by atoms with E-state index in [0.717, 1.165) is 0 Å². The van der Waals surface area contributed by atoms with Crippen molar-refractivity contribution in [2.24, 2.45) is 5.73 Å². The lowest BCUT2D eigenvalue weighted by atomic mass is 10.1. The molecular formula is C13H15N3O3. The molecule has 0 aliphatic heterocycles. The van der Waals surface area contributed by atoms with Gasteiger partial charge in [-0.2, -0.15) is 5.26 Å². The van der Waals surface area contributed by atoms with Gasteiger partial charge in [-0.1, -0.05) is 0 Å². The summed E-state index contributed by atoms with van der Waals surface area (Å²) in [5.74, 6) is -0.782. The first-order valence-electron chi connectivity index (χ1n) is 5.70. The van der Waals surface area contributed by atoms with E-state index < -0.39 is 12.0 Å². The lowest BCUT2D eigenvalue weighted by Crippen LogP contribution is -2.32. The van der Waals surface area contributed by atoms with Gasteiger partial charge in [-0.05, 0) is 30.7 Å². The third kappa shape index (κ3) is 4.77. The number of anilines is 1. The summed E-state index contributed by atoms with van der Waals surface area (Å²) in [7, 11) is 1.25. The van der Waals surface area contributed by atoms with Gasteiger partial charge in [0.25, 0.3) is 0 Å². The fourth-order valence-corrected chi connectivity index (χ4v) is 1.41. The molecule has 6 heteroatoms. The first-order chi connectivity index (χ1) is 9.06. The molecule has 19 heavy (non-hydrogen) atoms. The van der Waals surface area contributed by atoms with Crippen molar-refractivity contribution in [2.75, 3.05) is 12.4 Å². The summed E-state index contributed by atoms with van der Waals surface area (Å²) in [6, 6.07) is 7.68. The van der Waals surface area contributed by atoms with Crippen molar-refractivity contribution in [3.63, 3.8) is 0 Å². The van der Waals surface area contributed by atoms with Crippen molar-refractivity contribution >= 4 is 17.6 Å². The topological polar surface area (TPSA) is 105 Å². The van der Waals surface area contributed by atoms with E-state index in [2.05, 4.69) is 10.1 Å². The van der Waals surface area contributed by atoms with E-state index in [1.807, 2.05) is 6.07 Å². The first-order valence-corrected chi connectivity index (χ1v) is 5.70. The van der Waals surface area contributed by atoms with Crippen LogP contribution in [0.25, 0.3) is 0 Å². The van der Waals surface area contributed by atoms with Gasteiger partial charge in [-0.25, -0.2) is 0 Å². The number of nitrogens with zero attached hydrogens (tertiary/aromatic N) is 1. The number of rotatable bonds is 5. The highest BCUT2D eigenvalue weighted by molar-refractivity contribution is 5.91. The van der Waals surface area contributed by atoms with Crippen LogP contribution in [0, 0.1) is 11.3 Å². The predicted octanol–water partition coefficient (Wildman–Crippen LogP) is 0.777. The third-order valence-electron chi connectivity index (χ3n) is 2.48. The van der Waals surface area contributed by atoms with Crippen molar-refractivity contribution in [2.45, 2.75) is 18.9 Å². The Kier molecular flexibility index (Phi) is 5.51. The molecule has 1 atom stereocenters. The number of hydrogen-bond acceptors (Lipinski definition) is 5. The van der Waals surface area contributed by atoms with Gasteiger partial charge in [-0.15, -0.1) is 0 Å². The van der Waals surface area contributed by atoms with E-state index >= 15 is 0 Å². The van der Waals surface area contributed by atoms with Gasteiger partial charge in [-0.3, -0.25) is 9.59 Å². The van der Waals surface area contributed by atoms with E-state index in [0.29, 0.717) is 11.3 Å². The molecule has 0 saturated carbocycles. The quantitative estimate of drug-likeness (QED) is 0.762. The molecule has 1 aromatic carbocycles. The number of amides is 1. The number of benzene rings is 1. The standard InChI is InChI=1S/C13H15N3O3/c1-19-13(18)11(15)6-7-12(17)16-10-4-2-9(8-14)3-5-10/h2-5,11H,6-7,15H2,1H3,(H,16,17)/t11-/m0/s1. The molecule has 0 saturated heterocycles. The Morgan fingerprint density at radius 1 is 1.42 bits per heavy atom. The van der Waals surface area contributed by atoms with Crippen LogP contribution >= 0.6 is 0 Å². The zero-order valence-electron chi connectivity index (χ0n) is 10.6. The molecular weight excluding hydrogens is 246 g/mol. The minimum atomic E-state index is -0.795. The molecule has 0 aliphatic carbocycles. The number of nitriles is 1. The van der Waals surface area contributed by atoms with E-state index in [4.69, 9.17) is 11.0 Å². The second-order valence-corrected chi connectivity index (χ2v) is 3.91. The molecule has 0 unspecified atom stereocenters. The summed E-state index contributed by atoms with van der Waals surface area (Å²) >= 11 is 0. The van der Waals surface area contributed by atoms with E-state index in [9.17, 15) is 9.59 Å². The number of carbonyl (C=O) groups excluding carboxylic acids is 2. The van der Waals surface area contributed by atoms with Gasteiger partial charge in [0.05, 0.1) is 18.7 Å². The zero-order valence-corrected chi connectivity index (χ0v) is 10.6. The van der Waals surface area contributed by atoms with Crippen LogP contribution in [0.15, 0.2) is 24.3 Å². The average Bonchev–Trinajstić information content (AvgIpc) is 2.44. The van der Waals surface area contributed by atoms with Crippen LogP contribution in [0.1, 0.15) is 18.4 Å². The van der Waals surface area contributed by atoms with Crippen LogP contribution in [0.3, 0.4) is 0 Å². The Morgan fingerprint density at radius 3 is 2.58 bits per heavy atom. The van der Waals surface area contributed by atoms with Crippen molar-refractivity contribution in [3.8, 4) is 6.07 Å². The van der Waals surface area contributed by atoms with E-state index in [-0.39, 0.29) is 18.7 Å². The maximum Gasteiger partial charge on any atom is 0.322 e. The minimum absolute atomic E-state index is 0.121. The molecule has 1 amide bonds. The van der Waals surface area contributed by atoms with Gasteiger partial charge >= 0.3 is 5.97 Å². The molecule has 0 aromatic heterocycles. The van der Waals surface area contributed by atoms with Crippen LogP contribution in [-0.2, 0) is 14.3 Å². The van der Waals surface area contributed by atoms with Crippen LogP contribution in [0.2, 0.25) is 0 Å². The third-order valence-corrected chi connectivity index (χ3v) is 2.48. The molecule has 3 N–H and O–H groups in total. The second-order valence-electron chi connectivity index (χ2n) is 3.91. The van der Waals surface area contributed by atoms with Gasteiger partial charge in [0.1, 0.15) is 6.04 Å². The molecule has 100 valence electrons. The monoisotopic (exact) mass is 261 g/mol. The Bertz CT molecular complexity index is 491. The molecule has 0 fully saturated rings. The number of nitrogens with one attached hydrogen (secondary N) is 1. The molecule has 0 bridgehead atoms. The highest BCUT2D eigenvalue weighted by atomic mass is 16.5.